The molecule has 0 spiro atoms. The Bertz CT molecular complexity index is 2780. The summed E-state index contributed by atoms with van der Waals surface area (Å²) >= 11 is 0. The lowest BCUT2D eigenvalue weighted by molar-refractivity contribution is 0.669. The van der Waals surface area contributed by atoms with Gasteiger partial charge in [0, 0.05) is 43.8 Å². The lowest BCUT2D eigenvalue weighted by Gasteiger charge is -2.11. The van der Waals surface area contributed by atoms with Gasteiger partial charge in [0.15, 0.2) is 17.5 Å². The molecular formula is C43H25N3O2. The number of nitrogens with zero attached hydrogens (tertiary/aromatic N) is 3. The third-order valence-corrected chi connectivity index (χ3v) is 9.12. The molecule has 0 aliphatic heterocycles. The molecule has 3 aromatic heterocycles. The monoisotopic (exact) mass is 615 g/mol. The van der Waals surface area contributed by atoms with Crippen LogP contribution in [0.5, 0.6) is 0 Å². The van der Waals surface area contributed by atoms with Crippen LogP contribution in [0.4, 0.5) is 0 Å². The number of fused-ring (bicyclic) bond motifs is 7. The molecule has 48 heavy (non-hydrogen) atoms. The van der Waals surface area contributed by atoms with E-state index in [9.17, 15) is 0 Å². The summed E-state index contributed by atoms with van der Waals surface area (Å²) < 4.78 is 13.2. The Balaban J connectivity index is 1.26. The van der Waals surface area contributed by atoms with Crippen LogP contribution in [0.1, 0.15) is 0 Å². The van der Waals surface area contributed by atoms with Gasteiger partial charge in [-0.25, -0.2) is 15.0 Å². The predicted octanol–water partition coefficient (Wildman–Crippen LogP) is 11.5. The Hall–Kier alpha value is -6.59. The highest BCUT2D eigenvalue weighted by Crippen LogP contribution is 2.45. The Labute approximate surface area is 274 Å². The summed E-state index contributed by atoms with van der Waals surface area (Å²) in [5.74, 6) is 1.82. The molecule has 7 aromatic carbocycles. The van der Waals surface area contributed by atoms with E-state index in [4.69, 9.17) is 23.8 Å². The molecule has 0 N–H and O–H groups in total. The Morgan fingerprint density at radius 2 is 0.958 bits per heavy atom. The second-order valence-electron chi connectivity index (χ2n) is 12.0. The Morgan fingerprint density at radius 1 is 0.354 bits per heavy atom. The van der Waals surface area contributed by atoms with Gasteiger partial charge >= 0.3 is 0 Å². The summed E-state index contributed by atoms with van der Waals surface area (Å²) in [6.07, 6.45) is 0. The van der Waals surface area contributed by atoms with Crippen LogP contribution in [-0.4, -0.2) is 15.0 Å². The zero-order valence-corrected chi connectivity index (χ0v) is 25.6. The highest BCUT2D eigenvalue weighted by atomic mass is 16.3. The van der Waals surface area contributed by atoms with E-state index < -0.39 is 0 Å². The molecule has 10 rings (SSSR count). The molecule has 10 aromatic rings. The summed E-state index contributed by atoms with van der Waals surface area (Å²) in [7, 11) is 0. The highest BCUT2D eigenvalue weighted by Gasteiger charge is 2.22. The van der Waals surface area contributed by atoms with Crippen molar-refractivity contribution >= 4 is 54.6 Å². The van der Waals surface area contributed by atoms with E-state index in [1.807, 2.05) is 91.0 Å². The number of rotatable bonds is 4. The fourth-order valence-corrected chi connectivity index (χ4v) is 6.89. The third kappa shape index (κ3) is 4.15. The van der Waals surface area contributed by atoms with Gasteiger partial charge in [-0.05, 0) is 52.7 Å². The fraction of sp³-hybridized carbons (Fsp3) is 0. The first-order valence-electron chi connectivity index (χ1n) is 15.9. The number of hydrogen-bond acceptors (Lipinski definition) is 5. The first-order chi connectivity index (χ1) is 23.8. The maximum absolute atomic E-state index is 6.74. The van der Waals surface area contributed by atoms with E-state index in [1.165, 1.54) is 5.39 Å². The van der Waals surface area contributed by atoms with Crippen LogP contribution in [0.3, 0.4) is 0 Å². The molecule has 0 aliphatic carbocycles. The predicted molar refractivity (Wildman–Crippen MR) is 194 cm³/mol. The minimum Gasteiger partial charge on any atom is -0.456 e. The summed E-state index contributed by atoms with van der Waals surface area (Å²) in [6, 6.07) is 51.5. The molecule has 0 unspecified atom stereocenters. The van der Waals surface area contributed by atoms with Gasteiger partial charge in [-0.1, -0.05) is 115 Å². The zero-order valence-electron chi connectivity index (χ0n) is 25.6. The van der Waals surface area contributed by atoms with E-state index in [2.05, 4.69) is 60.7 Å². The van der Waals surface area contributed by atoms with Crippen molar-refractivity contribution in [2.24, 2.45) is 0 Å². The van der Waals surface area contributed by atoms with Crippen molar-refractivity contribution in [1.29, 1.82) is 0 Å². The molecule has 0 aliphatic rings. The quantitative estimate of drug-likeness (QED) is 0.197. The average Bonchev–Trinajstić information content (AvgIpc) is 3.72. The summed E-state index contributed by atoms with van der Waals surface area (Å²) in [4.78, 5) is 15.1. The number of benzene rings is 7. The van der Waals surface area contributed by atoms with Gasteiger partial charge in [-0.3, -0.25) is 0 Å². The molecular weight excluding hydrogens is 590 g/mol. The normalized spacial score (nSPS) is 11.8. The van der Waals surface area contributed by atoms with Gasteiger partial charge in [0.25, 0.3) is 0 Å². The van der Waals surface area contributed by atoms with Gasteiger partial charge < -0.3 is 8.83 Å². The number of para-hydroxylation sites is 1. The number of hydrogen-bond donors (Lipinski definition) is 0. The van der Waals surface area contributed by atoms with Crippen molar-refractivity contribution < 1.29 is 8.83 Å². The van der Waals surface area contributed by atoms with E-state index in [0.717, 1.165) is 77.1 Å². The van der Waals surface area contributed by atoms with Gasteiger partial charge in [0.2, 0.25) is 0 Å². The molecule has 0 atom stereocenters. The van der Waals surface area contributed by atoms with Crippen molar-refractivity contribution in [3.8, 4) is 45.3 Å². The molecule has 3 heterocycles. The second kappa shape index (κ2) is 10.5. The number of aromatic nitrogens is 3. The number of furan rings is 2. The van der Waals surface area contributed by atoms with Crippen molar-refractivity contribution in [2.45, 2.75) is 0 Å². The lowest BCUT2D eigenvalue weighted by atomic mass is 9.94. The van der Waals surface area contributed by atoms with Crippen LogP contribution in [0, 0.1) is 0 Å². The van der Waals surface area contributed by atoms with E-state index >= 15 is 0 Å². The smallest absolute Gasteiger partial charge is 0.164 e. The largest absolute Gasteiger partial charge is 0.456 e. The maximum Gasteiger partial charge on any atom is 0.164 e. The van der Waals surface area contributed by atoms with Gasteiger partial charge in [0.1, 0.15) is 22.3 Å². The second-order valence-corrected chi connectivity index (χ2v) is 12.0. The van der Waals surface area contributed by atoms with Crippen molar-refractivity contribution in [3.63, 3.8) is 0 Å². The van der Waals surface area contributed by atoms with Crippen LogP contribution in [0.2, 0.25) is 0 Å². The van der Waals surface area contributed by atoms with Crippen LogP contribution >= 0.6 is 0 Å². The van der Waals surface area contributed by atoms with Crippen LogP contribution < -0.4 is 0 Å². The molecule has 0 radical (unpaired) electrons. The summed E-state index contributed by atoms with van der Waals surface area (Å²) in [5, 5.41) is 6.42. The van der Waals surface area contributed by atoms with Crippen LogP contribution in [0.15, 0.2) is 160 Å². The molecule has 5 heteroatoms. The summed E-state index contributed by atoms with van der Waals surface area (Å²) in [5.41, 5.74) is 8.03. The SMILES string of the molecule is c1ccc(-c2nc(-c3ccccc3)nc(-c3ccc(-c4cccc5oc6cc7ccccc7cc6c45)c4oc5ccccc5c34)n2)cc1. The first kappa shape index (κ1) is 26.6. The van der Waals surface area contributed by atoms with Crippen LogP contribution in [0.25, 0.3) is 99.9 Å². The molecule has 0 bridgehead atoms. The average molecular weight is 616 g/mol. The van der Waals surface area contributed by atoms with Crippen molar-refractivity contribution in [3.05, 3.63) is 152 Å². The zero-order chi connectivity index (χ0) is 31.6. The van der Waals surface area contributed by atoms with E-state index in [0.29, 0.717) is 17.5 Å². The van der Waals surface area contributed by atoms with Crippen LogP contribution in [-0.2, 0) is 0 Å². The van der Waals surface area contributed by atoms with E-state index in [-0.39, 0.29) is 0 Å². The topological polar surface area (TPSA) is 65.0 Å². The molecule has 0 fully saturated rings. The van der Waals surface area contributed by atoms with E-state index in [1.54, 1.807) is 0 Å². The molecule has 224 valence electrons. The van der Waals surface area contributed by atoms with Crippen molar-refractivity contribution in [1.82, 2.24) is 15.0 Å². The maximum atomic E-state index is 6.74. The van der Waals surface area contributed by atoms with Gasteiger partial charge in [-0.15, -0.1) is 0 Å². The molecule has 0 amide bonds. The molecule has 0 saturated heterocycles. The minimum atomic E-state index is 0.587. The van der Waals surface area contributed by atoms with Gasteiger partial charge in [0.05, 0.1) is 0 Å². The Morgan fingerprint density at radius 3 is 1.71 bits per heavy atom. The highest BCUT2D eigenvalue weighted by molar-refractivity contribution is 6.21. The minimum absolute atomic E-state index is 0.587. The standard InChI is InChI=1S/C43H25N3O2/c1-3-12-26(13-4-1)41-44-42(27-14-5-2-6-15-27)46-43(45-41)33-23-22-31(40-39(33)32-18-9-10-20-35(32)48-40)30-19-11-21-36-38(30)34-24-28-16-7-8-17-29(28)25-37(34)47-36/h1-25H. The lowest BCUT2D eigenvalue weighted by Crippen LogP contribution is -2.00. The molecule has 0 saturated carbocycles. The summed E-state index contributed by atoms with van der Waals surface area (Å²) in [6.45, 7) is 0. The van der Waals surface area contributed by atoms with Crippen molar-refractivity contribution in [2.75, 3.05) is 0 Å². The fourth-order valence-electron chi connectivity index (χ4n) is 6.89. The third-order valence-electron chi connectivity index (χ3n) is 9.12. The molecule has 5 nitrogen and oxygen atoms in total. The Kier molecular flexibility index (Phi) is 5.81. The van der Waals surface area contributed by atoms with Gasteiger partial charge in [-0.2, -0.15) is 0 Å². The first-order valence-corrected chi connectivity index (χ1v) is 15.9.